The number of ether oxygens (including phenoxy) is 1. The molecule has 0 fully saturated rings. The number of amides is 1. The number of carbonyl (C=O) groups excluding carboxylic acids is 2. The lowest BCUT2D eigenvalue weighted by Gasteiger charge is -2.21. The Morgan fingerprint density at radius 1 is 0.964 bits per heavy atom. The summed E-state index contributed by atoms with van der Waals surface area (Å²) in [5.41, 5.74) is 2.00. The van der Waals surface area contributed by atoms with Crippen LogP contribution in [0.5, 0.6) is 0 Å². The van der Waals surface area contributed by atoms with Crippen molar-refractivity contribution in [3.63, 3.8) is 0 Å². The minimum absolute atomic E-state index is 0.0535. The van der Waals surface area contributed by atoms with Crippen LogP contribution in [0.25, 0.3) is 0 Å². The van der Waals surface area contributed by atoms with E-state index in [2.05, 4.69) is 5.32 Å². The zero-order valence-electron chi connectivity index (χ0n) is 15.8. The molecule has 0 aromatic heterocycles. The number of aromatic carboxylic acids is 1. The topological polar surface area (TPSA) is 92.7 Å². The Labute approximate surface area is 163 Å². The van der Waals surface area contributed by atoms with Crippen molar-refractivity contribution in [1.29, 1.82) is 0 Å². The first-order valence-electron chi connectivity index (χ1n) is 9.39. The molecule has 0 aliphatic heterocycles. The van der Waals surface area contributed by atoms with Crippen LogP contribution in [0, 0.1) is 0 Å². The summed E-state index contributed by atoms with van der Waals surface area (Å²) in [6.45, 7) is 0. The number of carboxylic acids is 1. The molecule has 0 saturated carbocycles. The number of esters is 1. The highest BCUT2D eigenvalue weighted by Crippen LogP contribution is 2.32. The highest BCUT2D eigenvalue weighted by Gasteiger charge is 2.28. The summed E-state index contributed by atoms with van der Waals surface area (Å²) >= 11 is 0. The summed E-state index contributed by atoms with van der Waals surface area (Å²) in [6.07, 6.45) is 5.30. The molecule has 1 aliphatic rings. The Morgan fingerprint density at radius 3 is 2.29 bits per heavy atom. The van der Waals surface area contributed by atoms with Crippen LogP contribution < -0.4 is 5.32 Å². The van der Waals surface area contributed by atoms with Gasteiger partial charge in [-0.25, -0.2) is 9.59 Å². The van der Waals surface area contributed by atoms with Crippen LogP contribution in [0.15, 0.2) is 36.4 Å². The molecule has 3 rings (SSSR count). The molecule has 0 bridgehead atoms. The number of fused-ring (bicyclic) bond motifs is 1. The Kier molecular flexibility index (Phi) is 6.09. The van der Waals surface area contributed by atoms with E-state index in [1.54, 1.807) is 36.4 Å². The molecule has 146 valence electrons. The molecule has 0 heterocycles. The van der Waals surface area contributed by atoms with Gasteiger partial charge in [-0.05, 0) is 55.0 Å². The third-order valence-electron chi connectivity index (χ3n) is 5.04. The average molecular weight is 381 g/mol. The molecule has 28 heavy (non-hydrogen) atoms. The fourth-order valence-corrected chi connectivity index (χ4v) is 3.69. The molecular weight excluding hydrogens is 358 g/mol. The second-order valence-electron chi connectivity index (χ2n) is 6.84. The van der Waals surface area contributed by atoms with E-state index in [4.69, 9.17) is 4.74 Å². The van der Waals surface area contributed by atoms with Gasteiger partial charge in [0.15, 0.2) is 0 Å². The Balaban J connectivity index is 2.15. The van der Waals surface area contributed by atoms with Crippen molar-refractivity contribution in [2.24, 2.45) is 0 Å². The Bertz CT molecular complexity index is 905. The lowest BCUT2D eigenvalue weighted by molar-refractivity contribution is 0.0581. The highest BCUT2D eigenvalue weighted by atomic mass is 16.5. The van der Waals surface area contributed by atoms with Gasteiger partial charge in [0.05, 0.1) is 23.9 Å². The van der Waals surface area contributed by atoms with Gasteiger partial charge in [0.1, 0.15) is 0 Å². The number of carbonyl (C=O) groups is 3. The Morgan fingerprint density at radius 2 is 1.64 bits per heavy atom. The number of hydrogen-bond donors (Lipinski definition) is 2. The Hall–Kier alpha value is -3.15. The maximum atomic E-state index is 12.6. The molecule has 2 aromatic rings. The maximum Gasteiger partial charge on any atom is 0.339 e. The smallest absolute Gasteiger partial charge is 0.339 e. The summed E-state index contributed by atoms with van der Waals surface area (Å²) in [6, 6.07) is 10.2. The lowest BCUT2D eigenvalue weighted by atomic mass is 9.86. The van der Waals surface area contributed by atoms with E-state index in [1.165, 1.54) is 7.11 Å². The summed E-state index contributed by atoms with van der Waals surface area (Å²) < 4.78 is 4.89. The van der Waals surface area contributed by atoms with Gasteiger partial charge in [0.2, 0.25) is 0 Å². The van der Waals surface area contributed by atoms with Gasteiger partial charge in [0, 0.05) is 5.56 Å². The van der Waals surface area contributed by atoms with E-state index in [0.29, 0.717) is 12.0 Å². The zero-order chi connectivity index (χ0) is 20.1. The first kappa shape index (κ1) is 19.6. The van der Waals surface area contributed by atoms with Crippen molar-refractivity contribution in [2.45, 2.75) is 38.5 Å². The molecule has 2 aromatic carbocycles. The predicted molar refractivity (Wildman–Crippen MR) is 105 cm³/mol. The third-order valence-corrected chi connectivity index (χ3v) is 5.04. The molecule has 0 saturated heterocycles. The fraction of sp³-hybridized carbons (Fsp3) is 0.318. The maximum absolute atomic E-state index is 12.6. The van der Waals surface area contributed by atoms with Gasteiger partial charge in [0.25, 0.3) is 5.91 Å². The standard InChI is InChI=1S/C22H23NO5/c1-28-22(27)18-16-12-8-3-2-5-11-15(16)13-17(19(18)21(25)26)23-20(24)14-9-6-4-7-10-14/h4,6-7,9-10,13H,2-3,5,8,11-12H2,1H3,(H,23,24)(H,25,26). The zero-order valence-corrected chi connectivity index (χ0v) is 15.8. The second kappa shape index (κ2) is 8.69. The van der Waals surface area contributed by atoms with Crippen LogP contribution in [-0.2, 0) is 17.6 Å². The van der Waals surface area contributed by atoms with Gasteiger partial charge in [-0.3, -0.25) is 4.79 Å². The normalized spacial score (nSPS) is 13.6. The minimum atomic E-state index is -1.27. The third kappa shape index (κ3) is 4.06. The van der Waals surface area contributed by atoms with E-state index in [-0.39, 0.29) is 16.8 Å². The highest BCUT2D eigenvalue weighted by molar-refractivity contribution is 6.12. The quantitative estimate of drug-likeness (QED) is 0.779. The molecule has 6 nitrogen and oxygen atoms in total. The molecule has 2 N–H and O–H groups in total. The summed E-state index contributed by atoms with van der Waals surface area (Å²) in [5, 5.41) is 12.5. The number of rotatable bonds is 4. The van der Waals surface area contributed by atoms with Crippen LogP contribution >= 0.6 is 0 Å². The van der Waals surface area contributed by atoms with Crippen molar-refractivity contribution in [3.05, 3.63) is 64.2 Å². The number of carboxylic acid groups (broad SMARTS) is 1. The molecular formula is C22H23NO5. The first-order valence-corrected chi connectivity index (χ1v) is 9.39. The molecule has 0 spiro atoms. The summed E-state index contributed by atoms with van der Waals surface area (Å²) in [5.74, 6) is -2.39. The van der Waals surface area contributed by atoms with Gasteiger partial charge in [-0.1, -0.05) is 31.0 Å². The van der Waals surface area contributed by atoms with Crippen LogP contribution in [0.2, 0.25) is 0 Å². The van der Waals surface area contributed by atoms with Gasteiger partial charge < -0.3 is 15.2 Å². The second-order valence-corrected chi connectivity index (χ2v) is 6.84. The van der Waals surface area contributed by atoms with Gasteiger partial charge in [-0.15, -0.1) is 0 Å². The van der Waals surface area contributed by atoms with E-state index >= 15 is 0 Å². The van der Waals surface area contributed by atoms with Gasteiger partial charge in [-0.2, -0.15) is 0 Å². The minimum Gasteiger partial charge on any atom is -0.478 e. The first-order chi connectivity index (χ1) is 13.5. The van der Waals surface area contributed by atoms with Crippen molar-refractivity contribution >= 4 is 23.5 Å². The SMILES string of the molecule is COC(=O)c1c2c(cc(NC(=O)c3ccccc3)c1C(=O)O)CCCCCC2. The largest absolute Gasteiger partial charge is 0.478 e. The number of nitrogens with one attached hydrogen (secondary N) is 1. The van der Waals surface area contributed by atoms with E-state index in [1.807, 2.05) is 0 Å². The number of aryl methyl sites for hydroxylation is 1. The van der Waals surface area contributed by atoms with Crippen LogP contribution in [0.4, 0.5) is 5.69 Å². The van der Waals surface area contributed by atoms with Crippen LogP contribution in [0.1, 0.15) is 67.9 Å². The average Bonchev–Trinajstić information content (AvgIpc) is 2.68. The summed E-state index contributed by atoms with van der Waals surface area (Å²) in [7, 11) is 1.23. The van der Waals surface area contributed by atoms with Crippen LogP contribution in [0.3, 0.4) is 0 Å². The summed E-state index contributed by atoms with van der Waals surface area (Å²) in [4.78, 5) is 37.2. The van der Waals surface area contributed by atoms with Crippen LogP contribution in [-0.4, -0.2) is 30.1 Å². The fourth-order valence-electron chi connectivity index (χ4n) is 3.69. The molecule has 6 heteroatoms. The van der Waals surface area contributed by atoms with Crippen molar-refractivity contribution in [2.75, 3.05) is 12.4 Å². The number of hydrogen-bond acceptors (Lipinski definition) is 4. The lowest BCUT2D eigenvalue weighted by Crippen LogP contribution is -2.21. The van der Waals surface area contributed by atoms with E-state index in [9.17, 15) is 19.5 Å². The van der Waals surface area contributed by atoms with E-state index in [0.717, 1.165) is 43.2 Å². The molecule has 0 radical (unpaired) electrons. The number of benzene rings is 2. The number of anilines is 1. The van der Waals surface area contributed by atoms with Crippen molar-refractivity contribution < 1.29 is 24.2 Å². The molecule has 1 amide bonds. The predicted octanol–water partition coefficient (Wildman–Crippen LogP) is 4.08. The van der Waals surface area contributed by atoms with Crippen molar-refractivity contribution in [1.82, 2.24) is 0 Å². The molecule has 0 unspecified atom stereocenters. The molecule has 1 aliphatic carbocycles. The van der Waals surface area contributed by atoms with E-state index < -0.39 is 17.8 Å². The van der Waals surface area contributed by atoms with Gasteiger partial charge >= 0.3 is 11.9 Å². The van der Waals surface area contributed by atoms with Crippen molar-refractivity contribution in [3.8, 4) is 0 Å². The monoisotopic (exact) mass is 381 g/mol. The molecule has 0 atom stereocenters. The number of methoxy groups -OCH3 is 1.